The lowest BCUT2D eigenvalue weighted by atomic mass is 10.0. The van der Waals surface area contributed by atoms with Crippen molar-refractivity contribution in [2.45, 2.75) is 13.0 Å². The van der Waals surface area contributed by atoms with Crippen LogP contribution in [0.4, 0.5) is 11.5 Å². The van der Waals surface area contributed by atoms with E-state index >= 15 is 0 Å². The monoisotopic (exact) mass is 375 g/mol. The number of fused-ring (bicyclic) bond motifs is 1. The van der Waals surface area contributed by atoms with Gasteiger partial charge in [-0.1, -0.05) is 41.9 Å². The first-order valence-electron chi connectivity index (χ1n) is 8.21. The second-order valence-corrected chi connectivity index (χ2v) is 6.24. The minimum absolute atomic E-state index is 0.125. The van der Waals surface area contributed by atoms with Crippen molar-refractivity contribution >= 4 is 28.8 Å². The fourth-order valence-corrected chi connectivity index (χ4v) is 3.04. The molecule has 1 atom stereocenters. The molecule has 0 saturated heterocycles. The number of hydrogen-bond acceptors (Lipinski definition) is 5. The molecule has 3 aromatic heterocycles. The van der Waals surface area contributed by atoms with Gasteiger partial charge in [0.2, 0.25) is 0 Å². The van der Waals surface area contributed by atoms with Crippen LogP contribution in [0.3, 0.4) is 0 Å². The predicted octanol–water partition coefficient (Wildman–Crippen LogP) is 4.56. The van der Waals surface area contributed by atoms with Crippen molar-refractivity contribution in [3.05, 3.63) is 77.3 Å². The Kier molecular flexibility index (Phi) is 4.40. The maximum absolute atomic E-state index is 7.33. The Labute approximate surface area is 160 Å². The molecule has 27 heavy (non-hydrogen) atoms. The van der Waals surface area contributed by atoms with E-state index in [2.05, 4.69) is 25.1 Å². The standard InChI is InChI=1S/C19H14ClN7/c1-12(25-19-17(21-2)18(20)23-11-24-19)14-10-15-22-8-9-27(15)26-16(14)13-6-4-3-5-7-13/h3-12H,1H3,(H,23,24,25)/t12-/m1/s1. The van der Waals surface area contributed by atoms with E-state index in [1.807, 2.05) is 49.5 Å². The van der Waals surface area contributed by atoms with Crippen molar-refractivity contribution < 1.29 is 0 Å². The highest BCUT2D eigenvalue weighted by Gasteiger charge is 2.18. The largest absolute Gasteiger partial charge is 0.372 e. The van der Waals surface area contributed by atoms with Gasteiger partial charge in [0.05, 0.1) is 18.3 Å². The third kappa shape index (κ3) is 3.18. The molecule has 0 fully saturated rings. The van der Waals surface area contributed by atoms with Gasteiger partial charge >= 0.3 is 0 Å². The Bertz CT molecular complexity index is 1150. The SMILES string of the molecule is [C-]#[N+]c1c(Cl)ncnc1N[C@H](C)c1cc2nccn2nc1-c1ccccc1. The number of nitrogens with zero attached hydrogens (tertiary/aromatic N) is 6. The van der Waals surface area contributed by atoms with Gasteiger partial charge in [0.15, 0.2) is 5.65 Å². The summed E-state index contributed by atoms with van der Waals surface area (Å²) in [5, 5.41) is 8.11. The van der Waals surface area contributed by atoms with E-state index in [0.717, 1.165) is 22.5 Å². The number of halogens is 1. The van der Waals surface area contributed by atoms with E-state index in [0.29, 0.717) is 5.82 Å². The summed E-state index contributed by atoms with van der Waals surface area (Å²) in [6, 6.07) is 11.7. The molecule has 0 saturated carbocycles. The highest BCUT2D eigenvalue weighted by molar-refractivity contribution is 6.32. The lowest BCUT2D eigenvalue weighted by Gasteiger charge is -2.19. The molecular formula is C19H14ClN7. The zero-order valence-corrected chi connectivity index (χ0v) is 15.1. The van der Waals surface area contributed by atoms with Gasteiger partial charge in [-0.25, -0.2) is 24.3 Å². The summed E-state index contributed by atoms with van der Waals surface area (Å²) in [5.41, 5.74) is 3.69. The number of benzene rings is 1. The Morgan fingerprint density at radius 3 is 2.78 bits per heavy atom. The highest BCUT2D eigenvalue weighted by Crippen LogP contribution is 2.34. The molecule has 0 aliphatic rings. The Morgan fingerprint density at radius 2 is 2.00 bits per heavy atom. The Balaban J connectivity index is 1.81. The van der Waals surface area contributed by atoms with E-state index in [-0.39, 0.29) is 16.9 Å². The van der Waals surface area contributed by atoms with Crippen LogP contribution >= 0.6 is 11.6 Å². The first-order valence-corrected chi connectivity index (χ1v) is 8.59. The van der Waals surface area contributed by atoms with E-state index in [1.165, 1.54) is 6.33 Å². The van der Waals surface area contributed by atoms with E-state index < -0.39 is 0 Å². The second-order valence-electron chi connectivity index (χ2n) is 5.88. The molecule has 132 valence electrons. The number of hydrogen-bond donors (Lipinski definition) is 1. The van der Waals surface area contributed by atoms with Gasteiger partial charge in [-0.05, 0) is 13.0 Å². The van der Waals surface area contributed by atoms with Crippen molar-refractivity contribution in [3.63, 3.8) is 0 Å². The quantitative estimate of drug-likeness (QED) is 0.418. The summed E-state index contributed by atoms with van der Waals surface area (Å²) in [6.45, 7) is 9.31. The fraction of sp³-hybridized carbons (Fsp3) is 0.105. The lowest BCUT2D eigenvalue weighted by Crippen LogP contribution is -2.12. The minimum atomic E-state index is -0.194. The molecule has 0 aliphatic heterocycles. The number of imidazole rings is 1. The molecular weight excluding hydrogens is 362 g/mol. The molecule has 0 bridgehead atoms. The summed E-state index contributed by atoms with van der Waals surface area (Å²) < 4.78 is 1.74. The molecule has 1 N–H and O–H groups in total. The van der Waals surface area contributed by atoms with Crippen LogP contribution in [0.25, 0.3) is 21.7 Å². The third-order valence-electron chi connectivity index (χ3n) is 4.17. The molecule has 0 amide bonds. The highest BCUT2D eigenvalue weighted by atomic mass is 35.5. The van der Waals surface area contributed by atoms with Crippen molar-refractivity contribution in [1.82, 2.24) is 24.6 Å². The normalized spacial score (nSPS) is 11.9. The molecule has 3 heterocycles. The molecule has 4 aromatic rings. The van der Waals surface area contributed by atoms with Gasteiger partial charge in [0.25, 0.3) is 5.69 Å². The van der Waals surface area contributed by atoms with Crippen molar-refractivity contribution in [2.75, 3.05) is 5.32 Å². The summed E-state index contributed by atoms with van der Waals surface area (Å²) in [4.78, 5) is 15.8. The Morgan fingerprint density at radius 1 is 1.19 bits per heavy atom. The molecule has 0 aliphatic carbocycles. The van der Waals surface area contributed by atoms with Crippen molar-refractivity contribution in [1.29, 1.82) is 0 Å². The second kappa shape index (κ2) is 7.02. The van der Waals surface area contributed by atoms with Crippen LogP contribution in [-0.2, 0) is 0 Å². The smallest absolute Gasteiger partial charge is 0.264 e. The van der Waals surface area contributed by atoms with E-state index in [1.54, 1.807) is 10.7 Å². The van der Waals surface area contributed by atoms with Gasteiger partial charge in [-0.15, -0.1) is 0 Å². The summed E-state index contributed by atoms with van der Waals surface area (Å²) >= 11 is 6.02. The van der Waals surface area contributed by atoms with Crippen LogP contribution < -0.4 is 5.32 Å². The number of anilines is 1. The molecule has 7 nitrogen and oxygen atoms in total. The summed E-state index contributed by atoms with van der Waals surface area (Å²) in [5.74, 6) is 0.389. The van der Waals surface area contributed by atoms with Crippen molar-refractivity contribution in [2.24, 2.45) is 0 Å². The van der Waals surface area contributed by atoms with Crippen LogP contribution in [0.2, 0.25) is 5.15 Å². The number of nitrogens with one attached hydrogen (secondary N) is 1. The van der Waals surface area contributed by atoms with Crippen LogP contribution in [0.15, 0.2) is 55.1 Å². The van der Waals surface area contributed by atoms with E-state index in [9.17, 15) is 0 Å². The summed E-state index contributed by atoms with van der Waals surface area (Å²) in [7, 11) is 0. The first-order chi connectivity index (χ1) is 13.2. The van der Waals surface area contributed by atoms with Gasteiger partial charge in [0.1, 0.15) is 17.3 Å². The molecule has 0 spiro atoms. The zero-order valence-electron chi connectivity index (χ0n) is 14.3. The van der Waals surface area contributed by atoms with Gasteiger partial charge in [0, 0.05) is 23.5 Å². The number of rotatable bonds is 4. The molecule has 4 rings (SSSR count). The van der Waals surface area contributed by atoms with Gasteiger partial charge < -0.3 is 5.32 Å². The Hall–Kier alpha value is -3.50. The maximum Gasteiger partial charge on any atom is 0.264 e. The third-order valence-corrected chi connectivity index (χ3v) is 4.45. The molecule has 0 unspecified atom stereocenters. The summed E-state index contributed by atoms with van der Waals surface area (Å²) in [6.07, 6.45) is 4.85. The molecule has 1 aromatic carbocycles. The van der Waals surface area contributed by atoms with Crippen molar-refractivity contribution in [3.8, 4) is 11.3 Å². The predicted molar refractivity (Wildman–Crippen MR) is 104 cm³/mol. The van der Waals surface area contributed by atoms with Crippen LogP contribution in [0.5, 0.6) is 0 Å². The average Bonchev–Trinajstić information content (AvgIpc) is 3.15. The molecule has 0 radical (unpaired) electrons. The topological polar surface area (TPSA) is 72.4 Å². The molecule has 8 heteroatoms. The average molecular weight is 376 g/mol. The van der Waals surface area contributed by atoms with Gasteiger partial charge in [-0.3, -0.25) is 0 Å². The minimum Gasteiger partial charge on any atom is -0.372 e. The van der Waals surface area contributed by atoms with Crippen LogP contribution in [0.1, 0.15) is 18.5 Å². The number of aromatic nitrogens is 5. The van der Waals surface area contributed by atoms with Crippen LogP contribution in [-0.4, -0.2) is 24.6 Å². The van der Waals surface area contributed by atoms with E-state index in [4.69, 9.17) is 23.3 Å². The van der Waals surface area contributed by atoms with Gasteiger partial charge in [-0.2, -0.15) is 5.10 Å². The zero-order chi connectivity index (χ0) is 18.8. The lowest BCUT2D eigenvalue weighted by molar-refractivity contribution is 0.841. The van der Waals surface area contributed by atoms with Crippen LogP contribution in [0, 0.1) is 6.57 Å². The maximum atomic E-state index is 7.33. The first kappa shape index (κ1) is 16.9. The fourth-order valence-electron chi connectivity index (χ4n) is 2.86.